The quantitative estimate of drug-likeness (QED) is 0.621. The van der Waals surface area contributed by atoms with Crippen LogP contribution in [0.15, 0.2) is 36.4 Å². The van der Waals surface area contributed by atoms with Crippen molar-refractivity contribution >= 4 is 5.78 Å². The molecule has 0 aliphatic carbocycles. The van der Waals surface area contributed by atoms with Crippen molar-refractivity contribution in [2.24, 2.45) is 0 Å². The summed E-state index contributed by atoms with van der Waals surface area (Å²) in [6.07, 6.45) is 0.561. The number of nitrogens with zero attached hydrogens (tertiary/aromatic N) is 1. The molecule has 1 heterocycles. The van der Waals surface area contributed by atoms with Crippen molar-refractivity contribution < 1.29 is 9.53 Å². The van der Waals surface area contributed by atoms with E-state index in [0.717, 1.165) is 43.1 Å². The molecule has 4 heteroatoms. The van der Waals surface area contributed by atoms with Gasteiger partial charge in [0.1, 0.15) is 12.4 Å². The molecule has 1 N–H and O–H groups in total. The van der Waals surface area contributed by atoms with E-state index in [2.05, 4.69) is 23.7 Å². The second-order valence-corrected chi connectivity index (χ2v) is 6.03. The average Bonchev–Trinajstić information content (AvgIpc) is 2.54. The predicted molar refractivity (Wildman–Crippen MR) is 89.6 cm³/mol. The zero-order chi connectivity index (χ0) is 15.9. The number of carbonyl (C=O) groups excluding carboxylic acids is 1. The minimum Gasteiger partial charge on any atom is -0.489 e. The van der Waals surface area contributed by atoms with E-state index < -0.39 is 0 Å². The molecule has 1 fully saturated rings. The van der Waals surface area contributed by atoms with E-state index in [-0.39, 0.29) is 11.8 Å². The minimum absolute atomic E-state index is 0.192. The van der Waals surface area contributed by atoms with Crippen molar-refractivity contribution in [2.75, 3.05) is 32.8 Å². The first-order valence-corrected chi connectivity index (χ1v) is 7.91. The third-order valence-corrected chi connectivity index (χ3v) is 3.92. The highest BCUT2D eigenvalue weighted by molar-refractivity contribution is 5.96. The zero-order valence-corrected chi connectivity index (χ0v) is 13.6. The first-order valence-electron chi connectivity index (χ1n) is 7.91. The summed E-state index contributed by atoms with van der Waals surface area (Å²) < 4.78 is 5.55. The van der Waals surface area contributed by atoms with E-state index in [1.807, 2.05) is 31.2 Å². The van der Waals surface area contributed by atoms with Crippen LogP contribution < -0.4 is 10.1 Å². The monoisotopic (exact) mass is 302 g/mol. The second-order valence-electron chi connectivity index (χ2n) is 6.03. The number of hydrogen-bond donors (Lipinski definition) is 1. The van der Waals surface area contributed by atoms with Gasteiger partial charge in [-0.2, -0.15) is 0 Å². The van der Waals surface area contributed by atoms with Crippen LogP contribution in [0.5, 0.6) is 5.75 Å². The van der Waals surface area contributed by atoms with E-state index >= 15 is 0 Å². The molecule has 1 unspecified atom stereocenters. The topological polar surface area (TPSA) is 41.6 Å². The van der Waals surface area contributed by atoms with Crippen LogP contribution in [0.2, 0.25) is 0 Å². The first-order chi connectivity index (χ1) is 10.6. The smallest absolute Gasteiger partial charge is 0.164 e. The summed E-state index contributed by atoms with van der Waals surface area (Å²) in [6.45, 7) is 12.4. The van der Waals surface area contributed by atoms with E-state index in [9.17, 15) is 4.79 Å². The maximum Gasteiger partial charge on any atom is 0.164 e. The average molecular weight is 302 g/mol. The number of hydrogen-bond acceptors (Lipinski definition) is 4. The van der Waals surface area contributed by atoms with Gasteiger partial charge in [0.2, 0.25) is 0 Å². The molecule has 0 spiro atoms. The van der Waals surface area contributed by atoms with Crippen molar-refractivity contribution in [1.82, 2.24) is 10.2 Å². The third kappa shape index (κ3) is 4.97. The van der Waals surface area contributed by atoms with Crippen molar-refractivity contribution in [2.45, 2.75) is 26.3 Å². The van der Waals surface area contributed by atoms with Crippen LogP contribution in [0.1, 0.15) is 30.6 Å². The number of ether oxygens (including phenoxy) is 1. The maximum atomic E-state index is 12.4. The molecule has 120 valence electrons. The second kappa shape index (κ2) is 8.11. The first kappa shape index (κ1) is 16.7. The Morgan fingerprint density at radius 1 is 1.32 bits per heavy atom. The molecule has 1 aliphatic heterocycles. The lowest BCUT2D eigenvalue weighted by Crippen LogP contribution is -2.48. The lowest BCUT2D eigenvalue weighted by atomic mass is 10.0. The lowest BCUT2D eigenvalue weighted by molar-refractivity contribution is 0.0918. The van der Waals surface area contributed by atoms with Gasteiger partial charge in [0.05, 0.1) is 0 Å². The van der Waals surface area contributed by atoms with Gasteiger partial charge in [0.25, 0.3) is 0 Å². The molecule has 22 heavy (non-hydrogen) atoms. The van der Waals surface area contributed by atoms with Crippen molar-refractivity contribution in [3.8, 4) is 5.75 Å². The summed E-state index contributed by atoms with van der Waals surface area (Å²) in [4.78, 5) is 14.8. The summed E-state index contributed by atoms with van der Waals surface area (Å²) in [5, 5.41) is 3.33. The van der Waals surface area contributed by atoms with Crippen molar-refractivity contribution in [3.05, 3.63) is 42.0 Å². The third-order valence-electron chi connectivity index (χ3n) is 3.92. The highest BCUT2D eigenvalue weighted by Gasteiger charge is 2.19. The van der Waals surface area contributed by atoms with Gasteiger partial charge in [-0.15, -0.1) is 0 Å². The van der Waals surface area contributed by atoms with Crippen molar-refractivity contribution in [3.63, 3.8) is 0 Å². The predicted octanol–water partition coefficient (Wildman–Crippen LogP) is 2.51. The van der Waals surface area contributed by atoms with Crippen LogP contribution in [-0.4, -0.2) is 49.5 Å². The summed E-state index contributed by atoms with van der Waals surface area (Å²) in [7, 11) is 0. The highest BCUT2D eigenvalue weighted by Crippen LogP contribution is 2.16. The molecular formula is C18H26N2O2. The van der Waals surface area contributed by atoms with E-state index in [0.29, 0.717) is 13.0 Å². The number of piperazine rings is 1. The van der Waals surface area contributed by atoms with Gasteiger partial charge >= 0.3 is 0 Å². The minimum atomic E-state index is 0.192. The molecule has 1 aliphatic rings. The molecule has 1 aromatic rings. The Morgan fingerprint density at radius 3 is 2.55 bits per heavy atom. The fourth-order valence-corrected chi connectivity index (χ4v) is 2.58. The molecule has 0 radical (unpaired) electrons. The molecule has 0 bridgehead atoms. The van der Waals surface area contributed by atoms with Gasteiger partial charge in [0, 0.05) is 44.2 Å². The van der Waals surface area contributed by atoms with Gasteiger partial charge < -0.3 is 10.1 Å². The number of ketones is 1. The molecule has 0 aromatic heterocycles. The van der Waals surface area contributed by atoms with E-state index in [1.165, 1.54) is 0 Å². The fraction of sp³-hybridized carbons (Fsp3) is 0.500. The standard InChI is InChI=1S/C18H26N2O2/c1-14(2)13-22-17-6-4-16(5-7-17)18(21)12-15(3)20-10-8-19-9-11-20/h4-7,15,19H,1,8-13H2,2-3H3. The van der Waals surface area contributed by atoms with Gasteiger partial charge in [-0.3, -0.25) is 9.69 Å². The SMILES string of the molecule is C=C(C)COc1ccc(C(=O)CC(C)N2CCNCC2)cc1. The van der Waals surface area contributed by atoms with Gasteiger partial charge in [0.15, 0.2) is 5.78 Å². The maximum absolute atomic E-state index is 12.4. The van der Waals surface area contributed by atoms with Crippen LogP contribution >= 0.6 is 0 Å². The molecular weight excluding hydrogens is 276 g/mol. The van der Waals surface area contributed by atoms with E-state index in [1.54, 1.807) is 0 Å². The summed E-state index contributed by atoms with van der Waals surface area (Å²) in [5.41, 5.74) is 1.73. The Hall–Kier alpha value is -1.65. The molecule has 1 atom stereocenters. The molecule has 0 amide bonds. The highest BCUT2D eigenvalue weighted by atomic mass is 16.5. The largest absolute Gasteiger partial charge is 0.489 e. The fourth-order valence-electron chi connectivity index (χ4n) is 2.58. The Labute approximate surface area is 133 Å². The Balaban J connectivity index is 1.87. The molecule has 4 nitrogen and oxygen atoms in total. The summed E-state index contributed by atoms with van der Waals surface area (Å²) in [5.74, 6) is 0.965. The Bertz CT molecular complexity index is 504. The van der Waals surface area contributed by atoms with Crippen LogP contribution in [0.3, 0.4) is 0 Å². The van der Waals surface area contributed by atoms with Crippen LogP contribution in [0, 0.1) is 0 Å². The van der Waals surface area contributed by atoms with Gasteiger partial charge in [-0.05, 0) is 43.7 Å². The van der Waals surface area contributed by atoms with E-state index in [4.69, 9.17) is 4.74 Å². The number of Topliss-reactive ketones (excluding diaryl/α,β-unsaturated/α-hetero) is 1. The van der Waals surface area contributed by atoms with Gasteiger partial charge in [-0.1, -0.05) is 6.58 Å². The molecule has 0 saturated carbocycles. The summed E-state index contributed by atoms with van der Waals surface area (Å²) >= 11 is 0. The summed E-state index contributed by atoms with van der Waals surface area (Å²) in [6, 6.07) is 7.69. The normalized spacial score (nSPS) is 17.0. The number of carbonyl (C=O) groups is 1. The van der Waals surface area contributed by atoms with Crippen molar-refractivity contribution in [1.29, 1.82) is 0 Å². The van der Waals surface area contributed by atoms with Gasteiger partial charge in [-0.25, -0.2) is 0 Å². The molecule has 2 rings (SSSR count). The van der Waals surface area contributed by atoms with Crippen LogP contribution in [0.25, 0.3) is 0 Å². The Kier molecular flexibility index (Phi) is 6.16. The number of benzene rings is 1. The molecule has 1 saturated heterocycles. The number of rotatable bonds is 7. The number of nitrogens with one attached hydrogen (secondary N) is 1. The zero-order valence-electron chi connectivity index (χ0n) is 13.6. The Morgan fingerprint density at radius 2 is 1.95 bits per heavy atom. The lowest BCUT2D eigenvalue weighted by Gasteiger charge is -2.32. The van der Waals surface area contributed by atoms with Crippen LogP contribution in [-0.2, 0) is 0 Å². The molecule has 1 aromatic carbocycles. The van der Waals surface area contributed by atoms with Crippen LogP contribution in [0.4, 0.5) is 0 Å².